The summed E-state index contributed by atoms with van der Waals surface area (Å²) in [5, 5.41) is 2.01. The van der Waals surface area contributed by atoms with Crippen LogP contribution in [0.5, 0.6) is 11.5 Å². The zero-order valence-electron chi connectivity index (χ0n) is 21.0. The Kier molecular flexibility index (Phi) is 6.67. The minimum Gasteiger partial charge on any atom is -0.496 e. The highest BCUT2D eigenvalue weighted by molar-refractivity contribution is 7.07. The molecule has 0 fully saturated rings. The molecule has 0 saturated heterocycles. The van der Waals surface area contributed by atoms with Gasteiger partial charge in [0.1, 0.15) is 17.5 Å². The Morgan fingerprint density at radius 3 is 2.51 bits per heavy atom. The molecular weight excluding hydrogens is 488 g/mol. The maximum absolute atomic E-state index is 14.0. The summed E-state index contributed by atoms with van der Waals surface area (Å²) in [4.78, 5) is 32.3. The fourth-order valence-corrected chi connectivity index (χ4v) is 5.74. The van der Waals surface area contributed by atoms with Gasteiger partial charge in [-0.25, -0.2) is 9.79 Å². The molecular formula is C29H26N2O5S. The largest absolute Gasteiger partial charge is 0.496 e. The molecule has 0 saturated carbocycles. The minimum atomic E-state index is -0.747. The summed E-state index contributed by atoms with van der Waals surface area (Å²) >= 11 is 1.27. The van der Waals surface area contributed by atoms with Crippen LogP contribution in [0.15, 0.2) is 81.7 Å². The number of rotatable bonds is 6. The summed E-state index contributed by atoms with van der Waals surface area (Å²) in [6, 6.07) is 18.4. The van der Waals surface area contributed by atoms with Crippen molar-refractivity contribution in [2.24, 2.45) is 4.99 Å². The third kappa shape index (κ3) is 4.23. The quantitative estimate of drug-likeness (QED) is 0.364. The summed E-state index contributed by atoms with van der Waals surface area (Å²) in [6.45, 7) is 3.72. The molecule has 4 aromatic rings. The summed E-state index contributed by atoms with van der Waals surface area (Å²) in [5.74, 6) is 0.716. The zero-order valence-corrected chi connectivity index (χ0v) is 21.8. The Bertz CT molecular complexity index is 1730. The first-order valence-corrected chi connectivity index (χ1v) is 12.7. The van der Waals surface area contributed by atoms with Gasteiger partial charge in [-0.1, -0.05) is 59.9 Å². The topological polar surface area (TPSA) is 79.1 Å². The third-order valence-electron chi connectivity index (χ3n) is 6.38. The molecule has 188 valence electrons. The Hall–Kier alpha value is -4.17. The maximum Gasteiger partial charge on any atom is 0.338 e. The lowest BCUT2D eigenvalue weighted by atomic mass is 9.95. The molecule has 0 bridgehead atoms. The van der Waals surface area contributed by atoms with Crippen molar-refractivity contribution in [2.45, 2.75) is 19.9 Å². The van der Waals surface area contributed by atoms with Gasteiger partial charge in [0.25, 0.3) is 5.56 Å². The van der Waals surface area contributed by atoms with Gasteiger partial charge in [0.05, 0.1) is 36.6 Å². The van der Waals surface area contributed by atoms with E-state index in [1.54, 1.807) is 32.6 Å². The van der Waals surface area contributed by atoms with E-state index in [0.29, 0.717) is 37.7 Å². The van der Waals surface area contributed by atoms with E-state index in [9.17, 15) is 9.59 Å². The number of hydrogen-bond donors (Lipinski definition) is 0. The van der Waals surface area contributed by atoms with Crippen LogP contribution in [-0.2, 0) is 9.53 Å². The lowest BCUT2D eigenvalue weighted by Crippen LogP contribution is -2.40. The molecule has 2 heterocycles. The number of carbonyl (C=O) groups is 1. The molecule has 0 spiro atoms. The lowest BCUT2D eigenvalue weighted by Gasteiger charge is -2.25. The number of aromatic nitrogens is 1. The fourth-order valence-electron chi connectivity index (χ4n) is 4.71. The molecule has 1 aliphatic rings. The third-order valence-corrected chi connectivity index (χ3v) is 7.36. The van der Waals surface area contributed by atoms with Crippen LogP contribution in [0.3, 0.4) is 0 Å². The first kappa shape index (κ1) is 24.5. The summed E-state index contributed by atoms with van der Waals surface area (Å²) in [7, 11) is 3.18. The van der Waals surface area contributed by atoms with Gasteiger partial charge in [0.2, 0.25) is 0 Å². The number of esters is 1. The second-order valence-electron chi connectivity index (χ2n) is 8.45. The number of allylic oxidation sites excluding steroid dienone is 1. The van der Waals surface area contributed by atoms with Crippen molar-refractivity contribution in [1.82, 2.24) is 4.57 Å². The first-order valence-electron chi connectivity index (χ1n) is 11.9. The normalized spacial score (nSPS) is 15.4. The van der Waals surface area contributed by atoms with Crippen molar-refractivity contribution in [3.05, 3.63) is 103 Å². The highest BCUT2D eigenvalue weighted by atomic mass is 32.1. The van der Waals surface area contributed by atoms with Crippen molar-refractivity contribution in [3.8, 4) is 11.5 Å². The molecule has 3 aromatic carbocycles. The van der Waals surface area contributed by atoms with E-state index < -0.39 is 12.0 Å². The van der Waals surface area contributed by atoms with Crippen molar-refractivity contribution in [2.75, 3.05) is 20.8 Å². The van der Waals surface area contributed by atoms with Gasteiger partial charge in [0, 0.05) is 11.1 Å². The summed E-state index contributed by atoms with van der Waals surface area (Å²) < 4.78 is 18.7. The van der Waals surface area contributed by atoms with Crippen LogP contribution in [0.4, 0.5) is 0 Å². The van der Waals surface area contributed by atoms with E-state index in [2.05, 4.69) is 4.99 Å². The Balaban J connectivity index is 1.81. The molecule has 0 radical (unpaired) electrons. The molecule has 0 amide bonds. The molecule has 1 atom stereocenters. The smallest absolute Gasteiger partial charge is 0.338 e. The van der Waals surface area contributed by atoms with Gasteiger partial charge in [0.15, 0.2) is 4.80 Å². The monoisotopic (exact) mass is 514 g/mol. The average molecular weight is 515 g/mol. The van der Waals surface area contributed by atoms with E-state index in [1.807, 2.05) is 66.7 Å². The SMILES string of the molecule is CCOC(=O)C1=C(C)N=c2s/c(=C\c3c(OC)ccc4ccccc34)c(=O)n2[C@H]1c1ccccc1OC. The second kappa shape index (κ2) is 10.1. The van der Waals surface area contributed by atoms with Crippen LogP contribution in [-0.4, -0.2) is 31.4 Å². The van der Waals surface area contributed by atoms with E-state index >= 15 is 0 Å². The number of hydrogen-bond acceptors (Lipinski definition) is 7. The lowest BCUT2D eigenvalue weighted by molar-refractivity contribution is -0.139. The number of carbonyl (C=O) groups excluding carboxylic acids is 1. The average Bonchev–Trinajstić information content (AvgIpc) is 3.22. The molecule has 0 unspecified atom stereocenters. The first-order chi connectivity index (χ1) is 18.0. The fraction of sp³-hybridized carbons (Fsp3) is 0.207. The predicted octanol–water partition coefficient (Wildman–Crippen LogP) is 3.97. The summed E-state index contributed by atoms with van der Waals surface area (Å²) in [6.07, 6.45) is 1.84. The molecule has 37 heavy (non-hydrogen) atoms. The standard InChI is InChI=1S/C29H26N2O5S/c1-5-36-28(33)25-17(2)30-29-31(26(25)20-12-8-9-13-22(20)34-3)27(32)24(37-29)16-21-19-11-7-6-10-18(19)14-15-23(21)35-4/h6-16,26H,5H2,1-4H3/b24-16-/t26-/m0/s1. The zero-order chi connectivity index (χ0) is 26.1. The van der Waals surface area contributed by atoms with Crippen LogP contribution in [0.2, 0.25) is 0 Å². The molecule has 1 aliphatic heterocycles. The minimum absolute atomic E-state index is 0.208. The van der Waals surface area contributed by atoms with E-state index in [0.717, 1.165) is 16.3 Å². The van der Waals surface area contributed by atoms with Crippen LogP contribution in [0.25, 0.3) is 16.8 Å². The number of thiazole rings is 1. The number of fused-ring (bicyclic) bond motifs is 2. The number of para-hydroxylation sites is 1. The van der Waals surface area contributed by atoms with Crippen molar-refractivity contribution >= 4 is 34.2 Å². The molecule has 0 aliphatic carbocycles. The molecule has 1 aromatic heterocycles. The van der Waals surface area contributed by atoms with Crippen LogP contribution in [0, 0.1) is 0 Å². The number of methoxy groups -OCH3 is 2. The second-order valence-corrected chi connectivity index (χ2v) is 9.46. The van der Waals surface area contributed by atoms with Crippen LogP contribution in [0.1, 0.15) is 31.0 Å². The Labute approximate surface area is 217 Å². The molecule has 0 N–H and O–H groups in total. The molecule has 5 rings (SSSR count). The van der Waals surface area contributed by atoms with Gasteiger partial charge in [-0.3, -0.25) is 9.36 Å². The van der Waals surface area contributed by atoms with Gasteiger partial charge >= 0.3 is 5.97 Å². The van der Waals surface area contributed by atoms with Crippen LogP contribution < -0.4 is 24.4 Å². The van der Waals surface area contributed by atoms with Gasteiger partial charge < -0.3 is 14.2 Å². The van der Waals surface area contributed by atoms with E-state index in [4.69, 9.17) is 14.2 Å². The molecule has 7 nitrogen and oxygen atoms in total. The number of benzene rings is 3. The van der Waals surface area contributed by atoms with Gasteiger partial charge in [-0.2, -0.15) is 0 Å². The number of nitrogens with zero attached hydrogens (tertiary/aromatic N) is 2. The van der Waals surface area contributed by atoms with Crippen molar-refractivity contribution in [3.63, 3.8) is 0 Å². The van der Waals surface area contributed by atoms with Crippen molar-refractivity contribution < 1.29 is 19.0 Å². The van der Waals surface area contributed by atoms with Gasteiger partial charge in [-0.15, -0.1) is 0 Å². The maximum atomic E-state index is 14.0. The summed E-state index contributed by atoms with van der Waals surface area (Å²) in [5.41, 5.74) is 2.04. The molecule has 8 heteroatoms. The van der Waals surface area contributed by atoms with Crippen molar-refractivity contribution in [1.29, 1.82) is 0 Å². The highest BCUT2D eigenvalue weighted by Gasteiger charge is 2.35. The van der Waals surface area contributed by atoms with Gasteiger partial charge in [-0.05, 0) is 42.8 Å². The van der Waals surface area contributed by atoms with Crippen LogP contribution >= 0.6 is 11.3 Å². The predicted molar refractivity (Wildman–Crippen MR) is 144 cm³/mol. The van der Waals surface area contributed by atoms with E-state index in [1.165, 1.54) is 11.3 Å². The number of ether oxygens (including phenoxy) is 3. The van der Waals surface area contributed by atoms with E-state index in [-0.39, 0.29) is 12.2 Å². The highest BCUT2D eigenvalue weighted by Crippen LogP contribution is 2.35. The Morgan fingerprint density at radius 2 is 1.76 bits per heavy atom. The Morgan fingerprint density at radius 1 is 1.03 bits per heavy atom.